The third-order valence-electron chi connectivity index (χ3n) is 3.11. The normalized spacial score (nSPS) is 10.6. The number of rotatable bonds is 6. The van der Waals surface area contributed by atoms with Gasteiger partial charge in [-0.2, -0.15) is 5.10 Å². The number of phenols is 1. The molecule has 5 heteroatoms. The molecule has 2 N–H and O–H groups in total. The molecule has 1 amide bonds. The molecule has 0 unspecified atom stereocenters. The molecule has 2 rings (SSSR count). The first-order chi connectivity index (χ1) is 10.7. The summed E-state index contributed by atoms with van der Waals surface area (Å²) in [6, 6.07) is 14.6. The van der Waals surface area contributed by atoms with Gasteiger partial charge in [-0.15, -0.1) is 0 Å². The van der Waals surface area contributed by atoms with Crippen molar-refractivity contribution in [3.63, 3.8) is 0 Å². The Balaban J connectivity index is 1.85. The number of carbonyl (C=O) groups is 1. The molecule has 0 saturated heterocycles. The van der Waals surface area contributed by atoms with E-state index in [-0.39, 0.29) is 11.7 Å². The van der Waals surface area contributed by atoms with E-state index in [0.717, 1.165) is 5.56 Å². The highest BCUT2D eigenvalue weighted by atomic mass is 16.5. The number of aryl methyl sites for hydroxylation is 1. The molecular weight excluding hydrogens is 280 g/mol. The molecule has 0 aliphatic heterocycles. The van der Waals surface area contributed by atoms with Gasteiger partial charge in [-0.05, 0) is 30.2 Å². The van der Waals surface area contributed by atoms with Gasteiger partial charge in [0.1, 0.15) is 11.5 Å². The number of aromatic hydroxyl groups is 1. The first-order valence-corrected chi connectivity index (χ1v) is 6.92. The van der Waals surface area contributed by atoms with E-state index in [1.54, 1.807) is 19.2 Å². The van der Waals surface area contributed by atoms with E-state index in [0.29, 0.717) is 24.2 Å². The first-order valence-electron chi connectivity index (χ1n) is 6.92. The Hall–Kier alpha value is -2.82. The molecule has 0 spiro atoms. The average Bonchev–Trinajstić information content (AvgIpc) is 2.55. The van der Waals surface area contributed by atoms with Crippen molar-refractivity contribution < 1.29 is 14.6 Å². The van der Waals surface area contributed by atoms with E-state index in [2.05, 4.69) is 10.5 Å². The smallest absolute Gasteiger partial charge is 0.240 e. The van der Waals surface area contributed by atoms with Gasteiger partial charge in [0.2, 0.25) is 5.91 Å². The zero-order valence-electron chi connectivity index (χ0n) is 12.3. The first kappa shape index (κ1) is 15.6. The van der Waals surface area contributed by atoms with Crippen LogP contribution in [0.4, 0.5) is 0 Å². The lowest BCUT2D eigenvalue weighted by atomic mass is 10.1. The zero-order chi connectivity index (χ0) is 15.8. The zero-order valence-corrected chi connectivity index (χ0v) is 12.3. The van der Waals surface area contributed by atoms with Crippen molar-refractivity contribution in [2.75, 3.05) is 7.11 Å². The SMILES string of the molecule is COc1ccc(O)c(/C=N\NC(=O)CCc2ccccc2)c1. The molecular formula is C17H18N2O3. The second-order valence-electron chi connectivity index (χ2n) is 4.70. The molecule has 0 fully saturated rings. The number of hydrazone groups is 1. The number of hydrogen-bond acceptors (Lipinski definition) is 4. The van der Waals surface area contributed by atoms with Gasteiger partial charge in [0, 0.05) is 12.0 Å². The number of hydrogen-bond donors (Lipinski definition) is 2. The van der Waals surface area contributed by atoms with Crippen molar-refractivity contribution >= 4 is 12.1 Å². The van der Waals surface area contributed by atoms with Crippen molar-refractivity contribution in [1.82, 2.24) is 5.43 Å². The van der Waals surface area contributed by atoms with Crippen molar-refractivity contribution in [3.05, 3.63) is 59.7 Å². The quantitative estimate of drug-likeness (QED) is 0.636. The Kier molecular flexibility index (Phi) is 5.54. The maximum absolute atomic E-state index is 11.7. The summed E-state index contributed by atoms with van der Waals surface area (Å²) in [5.74, 6) is 0.500. The summed E-state index contributed by atoms with van der Waals surface area (Å²) in [5, 5.41) is 13.5. The van der Waals surface area contributed by atoms with Crippen LogP contribution in [0.3, 0.4) is 0 Å². The summed E-state index contributed by atoms with van der Waals surface area (Å²) in [4.78, 5) is 11.7. The monoisotopic (exact) mass is 298 g/mol. The molecule has 0 bridgehead atoms. The molecule has 0 saturated carbocycles. The number of methoxy groups -OCH3 is 1. The summed E-state index contributed by atoms with van der Waals surface area (Å²) >= 11 is 0. The highest BCUT2D eigenvalue weighted by molar-refractivity contribution is 5.85. The molecule has 2 aromatic rings. The molecule has 0 aliphatic carbocycles. The van der Waals surface area contributed by atoms with Crippen molar-refractivity contribution in [2.24, 2.45) is 5.10 Å². The summed E-state index contributed by atoms with van der Waals surface area (Å²) in [6.45, 7) is 0. The van der Waals surface area contributed by atoms with E-state index >= 15 is 0 Å². The van der Waals surface area contributed by atoms with Gasteiger partial charge in [0.25, 0.3) is 0 Å². The van der Waals surface area contributed by atoms with Gasteiger partial charge in [-0.3, -0.25) is 4.79 Å². The lowest BCUT2D eigenvalue weighted by molar-refractivity contribution is -0.121. The van der Waals surface area contributed by atoms with Crippen LogP contribution in [-0.2, 0) is 11.2 Å². The molecule has 0 radical (unpaired) electrons. The lowest BCUT2D eigenvalue weighted by Crippen LogP contribution is -2.17. The topological polar surface area (TPSA) is 70.9 Å². The Morgan fingerprint density at radius 1 is 1.27 bits per heavy atom. The van der Waals surface area contributed by atoms with Crippen LogP contribution >= 0.6 is 0 Å². The Morgan fingerprint density at radius 3 is 2.77 bits per heavy atom. The Bertz CT molecular complexity index is 654. The van der Waals surface area contributed by atoms with Crippen LogP contribution < -0.4 is 10.2 Å². The number of phenolic OH excluding ortho intramolecular Hbond substituents is 1. The van der Waals surface area contributed by atoms with E-state index in [9.17, 15) is 9.90 Å². The number of ether oxygens (including phenoxy) is 1. The van der Waals surface area contributed by atoms with Crippen LogP contribution in [-0.4, -0.2) is 24.3 Å². The lowest BCUT2D eigenvalue weighted by Gasteiger charge is -2.03. The summed E-state index contributed by atoms with van der Waals surface area (Å²) in [7, 11) is 1.54. The maximum Gasteiger partial charge on any atom is 0.240 e. The van der Waals surface area contributed by atoms with Crippen LogP contribution in [0.1, 0.15) is 17.5 Å². The van der Waals surface area contributed by atoms with Gasteiger partial charge in [0.15, 0.2) is 0 Å². The molecule has 22 heavy (non-hydrogen) atoms. The van der Waals surface area contributed by atoms with Gasteiger partial charge < -0.3 is 9.84 Å². The number of carbonyl (C=O) groups excluding carboxylic acids is 1. The number of benzene rings is 2. The molecule has 0 aromatic heterocycles. The molecule has 0 heterocycles. The predicted molar refractivity (Wildman–Crippen MR) is 85.2 cm³/mol. The van der Waals surface area contributed by atoms with Crippen LogP contribution in [0.2, 0.25) is 0 Å². The van der Waals surface area contributed by atoms with E-state index in [4.69, 9.17) is 4.74 Å². The molecule has 114 valence electrons. The second-order valence-corrected chi connectivity index (χ2v) is 4.70. The Labute approximate surface area is 129 Å². The largest absolute Gasteiger partial charge is 0.507 e. The van der Waals surface area contributed by atoms with Crippen molar-refractivity contribution in [3.8, 4) is 11.5 Å². The van der Waals surface area contributed by atoms with E-state index in [1.807, 2.05) is 30.3 Å². The number of nitrogens with one attached hydrogen (secondary N) is 1. The fraction of sp³-hybridized carbons (Fsp3) is 0.176. The summed E-state index contributed by atoms with van der Waals surface area (Å²) in [6.07, 6.45) is 2.40. The minimum atomic E-state index is -0.178. The standard InChI is InChI=1S/C17H18N2O3/c1-22-15-8-9-16(20)14(11-15)12-18-19-17(21)10-7-13-5-3-2-4-6-13/h2-6,8-9,11-12,20H,7,10H2,1H3,(H,19,21)/b18-12-. The maximum atomic E-state index is 11.7. The summed E-state index contributed by atoms with van der Waals surface area (Å²) < 4.78 is 5.06. The van der Waals surface area contributed by atoms with Crippen LogP contribution in [0.5, 0.6) is 11.5 Å². The third kappa shape index (κ3) is 4.63. The fourth-order valence-corrected chi connectivity index (χ4v) is 1.90. The minimum absolute atomic E-state index is 0.0723. The average molecular weight is 298 g/mol. The van der Waals surface area contributed by atoms with Crippen molar-refractivity contribution in [2.45, 2.75) is 12.8 Å². The molecule has 2 aromatic carbocycles. The van der Waals surface area contributed by atoms with Crippen LogP contribution in [0.25, 0.3) is 0 Å². The Morgan fingerprint density at radius 2 is 2.05 bits per heavy atom. The van der Waals surface area contributed by atoms with Gasteiger partial charge in [-0.1, -0.05) is 30.3 Å². The molecule has 0 aliphatic rings. The summed E-state index contributed by atoms with van der Waals surface area (Å²) in [5.41, 5.74) is 4.02. The van der Waals surface area contributed by atoms with Gasteiger partial charge >= 0.3 is 0 Å². The van der Waals surface area contributed by atoms with Crippen LogP contribution in [0, 0.1) is 0 Å². The van der Waals surface area contributed by atoms with E-state index < -0.39 is 0 Å². The van der Waals surface area contributed by atoms with Crippen LogP contribution in [0.15, 0.2) is 53.6 Å². The predicted octanol–water partition coefficient (Wildman–Crippen LogP) is 2.48. The highest BCUT2D eigenvalue weighted by Gasteiger charge is 2.02. The van der Waals surface area contributed by atoms with Gasteiger partial charge in [-0.25, -0.2) is 5.43 Å². The van der Waals surface area contributed by atoms with Crippen molar-refractivity contribution in [1.29, 1.82) is 0 Å². The van der Waals surface area contributed by atoms with E-state index in [1.165, 1.54) is 12.3 Å². The molecule has 0 atom stereocenters. The minimum Gasteiger partial charge on any atom is -0.507 e. The highest BCUT2D eigenvalue weighted by Crippen LogP contribution is 2.20. The molecule has 5 nitrogen and oxygen atoms in total. The fourth-order valence-electron chi connectivity index (χ4n) is 1.90. The second kappa shape index (κ2) is 7.83. The number of amides is 1. The number of nitrogens with zero attached hydrogens (tertiary/aromatic N) is 1. The van der Waals surface area contributed by atoms with Gasteiger partial charge in [0.05, 0.1) is 13.3 Å². The third-order valence-corrected chi connectivity index (χ3v) is 3.11.